The summed E-state index contributed by atoms with van der Waals surface area (Å²) in [7, 11) is 2.04. The zero-order chi connectivity index (χ0) is 14.6. The molecule has 1 aromatic rings. The van der Waals surface area contributed by atoms with Crippen LogP contribution in [0.15, 0.2) is 30.3 Å². The quantitative estimate of drug-likeness (QED) is 0.565. The minimum Gasteiger partial charge on any atom is -0.459 e. The molecule has 5 N–H and O–H groups in total. The van der Waals surface area contributed by atoms with E-state index in [4.69, 9.17) is 4.74 Å². The van der Waals surface area contributed by atoms with Crippen LogP contribution in [-0.4, -0.2) is 60.4 Å². The van der Waals surface area contributed by atoms with E-state index in [1.807, 2.05) is 58.5 Å². The lowest BCUT2D eigenvalue weighted by Gasteiger charge is -2.36. The summed E-state index contributed by atoms with van der Waals surface area (Å²) in [6.07, 6.45) is 0. The number of esters is 1. The standard InChI is InChI=1S/C15H22BN2O2.2H2O/c1-15(2,3)20-14(19)13-11-17-9-10-18(13)16-12-7-5-4-6-8-12;;/h4-8,13,17H,9-11H2,1-3H3;2*1H2. The van der Waals surface area contributed by atoms with Crippen molar-refractivity contribution >= 4 is 18.8 Å². The van der Waals surface area contributed by atoms with E-state index >= 15 is 0 Å². The Kier molecular flexibility index (Phi) is 8.33. The monoisotopic (exact) mass is 309 g/mol. The molecule has 1 aromatic carbocycles. The van der Waals surface area contributed by atoms with Gasteiger partial charge in [0.2, 0.25) is 7.41 Å². The first kappa shape index (κ1) is 20.6. The first-order valence-electron chi connectivity index (χ1n) is 7.05. The first-order valence-corrected chi connectivity index (χ1v) is 7.05. The predicted octanol–water partition coefficient (Wildman–Crippen LogP) is -1.10. The summed E-state index contributed by atoms with van der Waals surface area (Å²) < 4.78 is 5.50. The molecule has 1 unspecified atom stereocenters. The Bertz CT molecular complexity index is 451. The smallest absolute Gasteiger partial charge is 0.324 e. The lowest BCUT2D eigenvalue weighted by Crippen LogP contribution is -2.59. The molecule has 0 spiro atoms. The van der Waals surface area contributed by atoms with Crippen molar-refractivity contribution in [3.8, 4) is 0 Å². The maximum atomic E-state index is 12.3. The molecule has 123 valence electrons. The van der Waals surface area contributed by atoms with Crippen molar-refractivity contribution in [3.63, 3.8) is 0 Å². The molecule has 7 heteroatoms. The molecule has 6 nitrogen and oxygen atoms in total. The fourth-order valence-corrected chi connectivity index (χ4v) is 2.19. The van der Waals surface area contributed by atoms with Crippen LogP contribution in [0.2, 0.25) is 0 Å². The van der Waals surface area contributed by atoms with Crippen LogP contribution in [0.25, 0.3) is 0 Å². The third-order valence-corrected chi connectivity index (χ3v) is 3.08. The number of carbonyl (C=O) groups is 1. The van der Waals surface area contributed by atoms with E-state index in [2.05, 4.69) is 10.1 Å². The lowest BCUT2D eigenvalue weighted by molar-refractivity contribution is -0.160. The number of benzene rings is 1. The molecule has 1 aliphatic rings. The van der Waals surface area contributed by atoms with Crippen molar-refractivity contribution in [2.24, 2.45) is 0 Å². The number of nitrogens with one attached hydrogen (secondary N) is 1. The molecule has 22 heavy (non-hydrogen) atoms. The maximum absolute atomic E-state index is 12.3. The van der Waals surface area contributed by atoms with Crippen LogP contribution in [-0.2, 0) is 9.53 Å². The molecule has 1 atom stereocenters. The van der Waals surface area contributed by atoms with Crippen molar-refractivity contribution in [1.82, 2.24) is 10.1 Å². The topological polar surface area (TPSA) is 105 Å². The summed E-state index contributed by atoms with van der Waals surface area (Å²) in [5.74, 6) is -0.170. The number of hydrogen-bond donors (Lipinski definition) is 1. The van der Waals surface area contributed by atoms with Gasteiger partial charge in [-0.15, -0.1) is 0 Å². The summed E-state index contributed by atoms with van der Waals surface area (Å²) in [5, 5.41) is 3.25. The van der Waals surface area contributed by atoms with Crippen LogP contribution in [0.1, 0.15) is 20.8 Å². The summed E-state index contributed by atoms with van der Waals surface area (Å²) in [5.41, 5.74) is 0.649. The van der Waals surface area contributed by atoms with E-state index in [-0.39, 0.29) is 23.0 Å². The van der Waals surface area contributed by atoms with Crippen molar-refractivity contribution in [3.05, 3.63) is 30.3 Å². The number of piperazine rings is 1. The molecule has 1 radical (unpaired) electrons. The Morgan fingerprint density at radius 2 is 1.91 bits per heavy atom. The molecular weight excluding hydrogens is 283 g/mol. The van der Waals surface area contributed by atoms with Gasteiger partial charge < -0.3 is 25.8 Å². The lowest BCUT2D eigenvalue weighted by atomic mass is 9.78. The number of rotatable bonds is 3. The van der Waals surface area contributed by atoms with Gasteiger partial charge in [-0.25, -0.2) is 0 Å². The highest BCUT2D eigenvalue weighted by molar-refractivity contribution is 6.51. The van der Waals surface area contributed by atoms with Crippen molar-refractivity contribution in [2.75, 3.05) is 19.6 Å². The van der Waals surface area contributed by atoms with Crippen molar-refractivity contribution in [2.45, 2.75) is 32.4 Å². The number of carbonyl (C=O) groups excluding carboxylic acids is 1. The van der Waals surface area contributed by atoms with E-state index in [1.165, 1.54) is 0 Å². The molecule has 0 aromatic heterocycles. The Morgan fingerprint density at radius 1 is 1.27 bits per heavy atom. The summed E-state index contributed by atoms with van der Waals surface area (Å²) in [6, 6.07) is 9.79. The van der Waals surface area contributed by atoms with Crippen LogP contribution < -0.4 is 10.8 Å². The summed E-state index contributed by atoms with van der Waals surface area (Å²) in [6.45, 7) is 7.99. The van der Waals surface area contributed by atoms with Crippen molar-refractivity contribution < 1.29 is 20.5 Å². The number of nitrogens with zero attached hydrogens (tertiary/aromatic N) is 1. The molecule has 0 bridgehead atoms. The van der Waals surface area contributed by atoms with E-state index in [0.29, 0.717) is 6.54 Å². The predicted molar refractivity (Wildman–Crippen MR) is 88.3 cm³/mol. The zero-order valence-electron chi connectivity index (χ0n) is 13.4. The summed E-state index contributed by atoms with van der Waals surface area (Å²) in [4.78, 5) is 14.4. The van der Waals surface area contributed by atoms with Gasteiger partial charge in [0.05, 0.1) is 0 Å². The molecule has 2 rings (SSSR count). The number of hydrogen-bond acceptors (Lipinski definition) is 4. The average Bonchev–Trinajstić information content (AvgIpc) is 2.38. The first-order chi connectivity index (χ1) is 9.46. The van der Waals surface area contributed by atoms with Gasteiger partial charge in [-0.3, -0.25) is 4.79 Å². The molecule has 1 aliphatic heterocycles. The van der Waals surface area contributed by atoms with Crippen LogP contribution in [0, 0.1) is 0 Å². The van der Waals surface area contributed by atoms with E-state index < -0.39 is 5.60 Å². The van der Waals surface area contributed by atoms with Crippen LogP contribution in [0.5, 0.6) is 0 Å². The molecule has 1 saturated heterocycles. The van der Waals surface area contributed by atoms with Gasteiger partial charge >= 0.3 is 5.97 Å². The Labute approximate surface area is 132 Å². The second-order valence-corrected chi connectivity index (χ2v) is 6.03. The Balaban J connectivity index is 0.00000220. The Hall–Kier alpha value is -1.41. The van der Waals surface area contributed by atoms with E-state index in [9.17, 15) is 4.79 Å². The fraction of sp³-hybridized carbons (Fsp3) is 0.533. The van der Waals surface area contributed by atoms with Gasteiger partial charge in [-0.2, -0.15) is 0 Å². The minimum atomic E-state index is -0.451. The van der Waals surface area contributed by atoms with Gasteiger partial charge in [0.25, 0.3) is 0 Å². The van der Waals surface area contributed by atoms with Crippen molar-refractivity contribution in [1.29, 1.82) is 0 Å². The van der Waals surface area contributed by atoms with Crippen LogP contribution >= 0.6 is 0 Å². The second-order valence-electron chi connectivity index (χ2n) is 6.03. The van der Waals surface area contributed by atoms with Gasteiger partial charge in [-0.05, 0) is 20.8 Å². The second kappa shape index (κ2) is 8.90. The highest BCUT2D eigenvalue weighted by Gasteiger charge is 2.32. The molecule has 0 aliphatic carbocycles. The van der Waals surface area contributed by atoms with E-state index in [1.54, 1.807) is 0 Å². The zero-order valence-corrected chi connectivity index (χ0v) is 13.4. The average molecular weight is 309 g/mol. The fourth-order valence-electron chi connectivity index (χ4n) is 2.19. The molecule has 0 amide bonds. The van der Waals surface area contributed by atoms with Gasteiger partial charge in [0, 0.05) is 19.6 Å². The molecule has 1 heterocycles. The normalized spacial score (nSPS) is 18.6. The van der Waals surface area contributed by atoms with Gasteiger partial charge in [-0.1, -0.05) is 35.8 Å². The third kappa shape index (κ3) is 6.15. The van der Waals surface area contributed by atoms with Gasteiger partial charge in [0.15, 0.2) is 0 Å². The molecular formula is C15H26BN2O4. The van der Waals surface area contributed by atoms with Crippen LogP contribution in [0.3, 0.4) is 0 Å². The van der Waals surface area contributed by atoms with E-state index in [0.717, 1.165) is 18.6 Å². The molecule has 1 fully saturated rings. The Morgan fingerprint density at radius 3 is 2.50 bits per heavy atom. The summed E-state index contributed by atoms with van der Waals surface area (Å²) >= 11 is 0. The molecule has 0 saturated carbocycles. The highest BCUT2D eigenvalue weighted by atomic mass is 16.6. The SMILES string of the molecule is CC(C)(C)OC(=O)C1CNCCN1[B]c1ccccc1.O.O. The highest BCUT2D eigenvalue weighted by Crippen LogP contribution is 2.12. The largest absolute Gasteiger partial charge is 0.459 e. The number of ether oxygens (including phenoxy) is 1. The van der Waals surface area contributed by atoms with Gasteiger partial charge in [0.1, 0.15) is 11.6 Å². The maximum Gasteiger partial charge on any atom is 0.324 e. The minimum absolute atomic E-state index is 0. The third-order valence-electron chi connectivity index (χ3n) is 3.08. The van der Waals surface area contributed by atoms with Crippen LogP contribution in [0.4, 0.5) is 0 Å².